The molecule has 1 saturated heterocycles. The van der Waals surface area contributed by atoms with Gasteiger partial charge in [-0.3, -0.25) is 4.79 Å². The average Bonchev–Trinajstić information content (AvgIpc) is 2.87. The number of carbonyl (C=O) groups is 2. The van der Waals surface area contributed by atoms with Gasteiger partial charge in [-0.2, -0.15) is 0 Å². The van der Waals surface area contributed by atoms with Gasteiger partial charge in [-0.05, 0) is 26.3 Å². The molecule has 1 fully saturated rings. The third kappa shape index (κ3) is 5.16. The van der Waals surface area contributed by atoms with Crippen molar-refractivity contribution in [2.24, 2.45) is 0 Å². The molecule has 2 rings (SSSR count). The van der Waals surface area contributed by atoms with E-state index < -0.39 is 11.7 Å². The second kappa shape index (κ2) is 7.92. The van der Waals surface area contributed by atoms with Crippen LogP contribution in [0.3, 0.4) is 0 Å². The summed E-state index contributed by atoms with van der Waals surface area (Å²) in [6.07, 6.45) is -0.450. The Hall–Kier alpha value is -1.69. The normalized spacial score (nSPS) is 19.2. The minimum Gasteiger partial charge on any atom is -0.444 e. The van der Waals surface area contributed by atoms with Crippen molar-refractivity contribution in [2.45, 2.75) is 44.6 Å². The van der Waals surface area contributed by atoms with Crippen LogP contribution in [0.15, 0.2) is 30.3 Å². The second-order valence-electron chi connectivity index (χ2n) is 6.92. The van der Waals surface area contributed by atoms with Gasteiger partial charge in [0.25, 0.3) is 0 Å². The van der Waals surface area contributed by atoms with Gasteiger partial charge in [0.1, 0.15) is 5.60 Å². The van der Waals surface area contributed by atoms with Gasteiger partial charge >= 0.3 is 6.09 Å². The van der Waals surface area contributed by atoms with Crippen molar-refractivity contribution in [1.29, 1.82) is 0 Å². The number of alkyl carbamates (subject to hydrolysis) is 1. The summed E-state index contributed by atoms with van der Waals surface area (Å²) >= 11 is 1.66. The highest BCUT2D eigenvalue weighted by molar-refractivity contribution is 8.01. The number of benzene rings is 1. The van der Waals surface area contributed by atoms with Crippen LogP contribution in [-0.4, -0.2) is 46.7 Å². The lowest BCUT2D eigenvalue weighted by atomic mass is 10.0. The number of hydrogen-bond acceptors (Lipinski definition) is 4. The largest absolute Gasteiger partial charge is 0.444 e. The average molecular weight is 350 g/mol. The van der Waals surface area contributed by atoms with E-state index in [1.165, 1.54) is 5.56 Å². The van der Waals surface area contributed by atoms with E-state index >= 15 is 0 Å². The molecule has 2 atom stereocenters. The van der Waals surface area contributed by atoms with E-state index in [-0.39, 0.29) is 17.2 Å². The number of rotatable bonds is 5. The van der Waals surface area contributed by atoms with Crippen LogP contribution in [0.4, 0.5) is 4.79 Å². The lowest BCUT2D eigenvalue weighted by Crippen LogP contribution is -2.42. The number of amides is 2. The van der Waals surface area contributed by atoms with Crippen molar-refractivity contribution >= 4 is 23.8 Å². The van der Waals surface area contributed by atoms with Crippen molar-refractivity contribution in [3.8, 4) is 0 Å². The van der Waals surface area contributed by atoms with Gasteiger partial charge in [0.15, 0.2) is 0 Å². The van der Waals surface area contributed by atoms with Crippen LogP contribution in [0.2, 0.25) is 0 Å². The highest BCUT2D eigenvalue weighted by Gasteiger charge is 2.35. The molecule has 1 N–H and O–H groups in total. The van der Waals surface area contributed by atoms with Gasteiger partial charge in [-0.15, -0.1) is 11.8 Å². The maximum atomic E-state index is 12.2. The molecule has 5 nitrogen and oxygen atoms in total. The Morgan fingerprint density at radius 1 is 1.38 bits per heavy atom. The van der Waals surface area contributed by atoms with Crippen LogP contribution in [0, 0.1) is 0 Å². The van der Waals surface area contributed by atoms with Crippen molar-refractivity contribution in [1.82, 2.24) is 10.2 Å². The minimum atomic E-state index is -0.520. The molecule has 1 aliphatic heterocycles. The maximum absolute atomic E-state index is 12.2. The summed E-state index contributed by atoms with van der Waals surface area (Å²) in [5.41, 5.74) is 0.697. The first kappa shape index (κ1) is 18.6. The fourth-order valence-corrected chi connectivity index (χ4v) is 3.98. The van der Waals surface area contributed by atoms with E-state index in [4.69, 9.17) is 4.74 Å². The van der Waals surface area contributed by atoms with E-state index in [0.29, 0.717) is 18.8 Å². The molecule has 6 heteroatoms. The van der Waals surface area contributed by atoms with Gasteiger partial charge in [0.2, 0.25) is 5.91 Å². The van der Waals surface area contributed by atoms with Crippen molar-refractivity contribution in [3.05, 3.63) is 35.9 Å². The van der Waals surface area contributed by atoms with E-state index in [1.54, 1.807) is 11.8 Å². The minimum absolute atomic E-state index is 0.0975. The highest BCUT2D eigenvalue weighted by Crippen LogP contribution is 2.35. The van der Waals surface area contributed by atoms with E-state index in [2.05, 4.69) is 24.4 Å². The molecule has 0 saturated carbocycles. The fourth-order valence-electron chi connectivity index (χ4n) is 2.65. The predicted molar refractivity (Wildman–Crippen MR) is 97.1 cm³/mol. The maximum Gasteiger partial charge on any atom is 0.407 e. The van der Waals surface area contributed by atoms with Crippen molar-refractivity contribution in [3.63, 3.8) is 0 Å². The Kier molecular flexibility index (Phi) is 6.15. The molecule has 1 aliphatic rings. The molecule has 1 aromatic rings. The monoisotopic (exact) mass is 350 g/mol. The van der Waals surface area contributed by atoms with Gasteiger partial charge < -0.3 is 15.0 Å². The third-order valence-electron chi connectivity index (χ3n) is 3.78. The third-order valence-corrected chi connectivity index (χ3v) is 5.20. The molecule has 2 unspecified atom stereocenters. The zero-order valence-corrected chi connectivity index (χ0v) is 15.6. The van der Waals surface area contributed by atoms with Crippen LogP contribution >= 0.6 is 11.8 Å². The zero-order chi connectivity index (χ0) is 17.7. The van der Waals surface area contributed by atoms with Gasteiger partial charge in [0.05, 0.1) is 11.1 Å². The highest BCUT2D eigenvalue weighted by atomic mass is 32.2. The van der Waals surface area contributed by atoms with Crippen LogP contribution in [0.25, 0.3) is 0 Å². The SMILES string of the molecule is CC(c1ccccc1)C1SCC(=O)N1CCNC(=O)OC(C)(C)C. The van der Waals surface area contributed by atoms with Gasteiger partial charge in [-0.25, -0.2) is 4.79 Å². The molecule has 0 bridgehead atoms. The molecule has 0 aliphatic carbocycles. The Labute approximate surface area is 148 Å². The van der Waals surface area contributed by atoms with Gasteiger partial charge in [-0.1, -0.05) is 37.3 Å². The Morgan fingerprint density at radius 3 is 2.67 bits per heavy atom. The van der Waals surface area contributed by atoms with E-state index in [0.717, 1.165) is 0 Å². The summed E-state index contributed by atoms with van der Waals surface area (Å²) in [5.74, 6) is 0.858. The number of hydrogen-bond donors (Lipinski definition) is 1. The summed E-state index contributed by atoms with van der Waals surface area (Å²) in [7, 11) is 0. The summed E-state index contributed by atoms with van der Waals surface area (Å²) in [5, 5.41) is 2.82. The molecule has 1 heterocycles. The molecule has 2 amide bonds. The molecule has 0 radical (unpaired) electrons. The summed E-state index contributed by atoms with van der Waals surface area (Å²) < 4.78 is 5.21. The molecule has 132 valence electrons. The van der Waals surface area contributed by atoms with E-state index in [1.807, 2.05) is 43.9 Å². The Morgan fingerprint density at radius 2 is 2.04 bits per heavy atom. The molecular weight excluding hydrogens is 324 g/mol. The van der Waals surface area contributed by atoms with Gasteiger partial charge in [0, 0.05) is 19.0 Å². The topological polar surface area (TPSA) is 58.6 Å². The number of nitrogens with zero attached hydrogens (tertiary/aromatic N) is 1. The molecule has 0 aromatic heterocycles. The number of thioether (sulfide) groups is 1. The predicted octanol–water partition coefficient (Wildman–Crippen LogP) is 3.22. The standard InChI is InChI=1S/C18H26N2O3S/c1-13(14-8-6-5-7-9-14)16-20(15(21)12-24-16)11-10-19-17(22)23-18(2,3)4/h5-9,13,16H,10-12H2,1-4H3,(H,19,22). The fraction of sp³-hybridized carbons (Fsp3) is 0.556. The molecular formula is C18H26N2O3S. The first-order valence-corrected chi connectivity index (χ1v) is 9.25. The zero-order valence-electron chi connectivity index (χ0n) is 14.7. The van der Waals surface area contributed by atoms with E-state index in [9.17, 15) is 9.59 Å². The summed E-state index contributed by atoms with van der Waals surface area (Å²) in [4.78, 5) is 25.8. The first-order valence-electron chi connectivity index (χ1n) is 8.21. The lowest BCUT2D eigenvalue weighted by molar-refractivity contribution is -0.128. The lowest BCUT2D eigenvalue weighted by Gasteiger charge is -2.29. The molecule has 0 spiro atoms. The number of ether oxygens (including phenoxy) is 1. The first-order chi connectivity index (χ1) is 11.3. The van der Waals surface area contributed by atoms with Crippen LogP contribution in [-0.2, 0) is 9.53 Å². The Balaban J connectivity index is 1.90. The quantitative estimate of drug-likeness (QED) is 0.886. The molecule has 1 aromatic carbocycles. The second-order valence-corrected chi connectivity index (χ2v) is 8.02. The number of carbonyl (C=O) groups excluding carboxylic acids is 2. The van der Waals surface area contributed by atoms with Crippen molar-refractivity contribution in [2.75, 3.05) is 18.8 Å². The van der Waals surface area contributed by atoms with Crippen LogP contribution in [0.5, 0.6) is 0 Å². The number of nitrogens with one attached hydrogen (secondary N) is 1. The van der Waals surface area contributed by atoms with Crippen LogP contribution in [0.1, 0.15) is 39.2 Å². The smallest absolute Gasteiger partial charge is 0.407 e. The van der Waals surface area contributed by atoms with Crippen LogP contribution < -0.4 is 5.32 Å². The summed E-state index contributed by atoms with van der Waals surface area (Å²) in [6.45, 7) is 8.49. The van der Waals surface area contributed by atoms with Crippen molar-refractivity contribution < 1.29 is 14.3 Å². The Bertz CT molecular complexity index is 571. The summed E-state index contributed by atoms with van der Waals surface area (Å²) in [6, 6.07) is 10.2. The molecule has 24 heavy (non-hydrogen) atoms.